The predicted octanol–water partition coefficient (Wildman–Crippen LogP) is 0.994. The van der Waals surface area contributed by atoms with Crippen LogP contribution in [0.3, 0.4) is 0 Å². The maximum absolute atomic E-state index is 5.90. The third-order valence-electron chi connectivity index (χ3n) is 4.48. The second-order valence-corrected chi connectivity index (χ2v) is 5.74. The van der Waals surface area contributed by atoms with Crippen molar-refractivity contribution < 1.29 is 0 Å². The molecule has 1 unspecified atom stereocenters. The molecule has 0 radical (unpaired) electrons. The molecule has 4 N–H and O–H groups in total. The maximum Gasteiger partial charge on any atom is 0.223 e. The molecule has 3 heterocycles. The van der Waals surface area contributed by atoms with Crippen LogP contribution in [0.25, 0.3) is 0 Å². The third-order valence-corrected chi connectivity index (χ3v) is 4.48. The van der Waals surface area contributed by atoms with Gasteiger partial charge in [-0.2, -0.15) is 9.97 Å². The Morgan fingerprint density at radius 3 is 2.95 bits per heavy atom. The zero-order valence-corrected chi connectivity index (χ0v) is 12.3. The molecule has 0 saturated carbocycles. The minimum Gasteiger partial charge on any atom is -0.368 e. The van der Waals surface area contributed by atoms with Crippen LogP contribution in [0.4, 0.5) is 17.6 Å². The molecule has 2 aliphatic heterocycles. The number of fused-ring (bicyclic) bond motifs is 1. The highest BCUT2D eigenvalue weighted by atomic mass is 15.3. The number of anilines is 3. The molecule has 2 atom stereocenters. The zero-order chi connectivity index (χ0) is 14.1. The van der Waals surface area contributed by atoms with E-state index in [2.05, 4.69) is 32.4 Å². The topological polar surface area (TPSA) is 79.1 Å². The first-order chi connectivity index (χ1) is 9.71. The molecule has 1 aromatic heterocycles. The van der Waals surface area contributed by atoms with Gasteiger partial charge in [0.15, 0.2) is 0 Å². The van der Waals surface area contributed by atoms with Gasteiger partial charge in [0.1, 0.15) is 11.6 Å². The lowest BCUT2D eigenvalue weighted by Crippen LogP contribution is -2.32. The summed E-state index contributed by atoms with van der Waals surface area (Å²) in [6.07, 6.45) is 4.45. The predicted molar refractivity (Wildman–Crippen MR) is 82.1 cm³/mol. The van der Waals surface area contributed by atoms with Crippen molar-refractivity contribution in [1.82, 2.24) is 15.3 Å². The van der Waals surface area contributed by atoms with Crippen LogP contribution in [0, 0.1) is 0 Å². The van der Waals surface area contributed by atoms with Crippen LogP contribution in [0.15, 0.2) is 0 Å². The van der Waals surface area contributed by atoms with E-state index in [1.807, 2.05) is 7.05 Å². The smallest absolute Gasteiger partial charge is 0.223 e. The lowest BCUT2D eigenvalue weighted by Gasteiger charge is -2.29. The molecule has 1 aromatic rings. The van der Waals surface area contributed by atoms with E-state index < -0.39 is 0 Å². The molecule has 2 aliphatic rings. The highest BCUT2D eigenvalue weighted by Crippen LogP contribution is 2.33. The molecule has 0 spiro atoms. The summed E-state index contributed by atoms with van der Waals surface area (Å²) in [7, 11) is 2.02. The van der Waals surface area contributed by atoms with Gasteiger partial charge in [-0.15, -0.1) is 0 Å². The fraction of sp³-hybridized carbons (Fsp3) is 0.714. The molecule has 3 rings (SSSR count). The highest BCUT2D eigenvalue weighted by Gasteiger charge is 2.28. The van der Waals surface area contributed by atoms with Gasteiger partial charge in [-0.05, 0) is 32.7 Å². The molecule has 0 bridgehead atoms. The molecule has 6 nitrogen and oxygen atoms in total. The number of nitrogens with two attached hydrogens (primary N) is 1. The quantitative estimate of drug-likeness (QED) is 0.764. The number of aromatic nitrogens is 2. The molecule has 0 aromatic carbocycles. The van der Waals surface area contributed by atoms with Crippen LogP contribution in [-0.4, -0.2) is 42.2 Å². The number of likely N-dealkylation sites (N-methyl/N-ethyl adjacent to an activating group) is 1. The number of hydrogen-bond donors (Lipinski definition) is 3. The van der Waals surface area contributed by atoms with Crippen LogP contribution in [0.1, 0.15) is 31.7 Å². The lowest BCUT2D eigenvalue weighted by molar-refractivity contribution is 0.604. The van der Waals surface area contributed by atoms with E-state index in [4.69, 9.17) is 5.73 Å². The van der Waals surface area contributed by atoms with Crippen LogP contribution in [0.2, 0.25) is 0 Å². The van der Waals surface area contributed by atoms with Crippen LogP contribution >= 0.6 is 0 Å². The molecule has 20 heavy (non-hydrogen) atoms. The molecule has 0 aliphatic carbocycles. The average molecular weight is 276 g/mol. The fourth-order valence-corrected chi connectivity index (χ4v) is 3.18. The number of rotatable bonds is 3. The minimum atomic E-state index is 0.371. The summed E-state index contributed by atoms with van der Waals surface area (Å²) in [5, 5.41) is 6.85. The van der Waals surface area contributed by atoms with Gasteiger partial charge >= 0.3 is 0 Å². The van der Waals surface area contributed by atoms with E-state index in [0.29, 0.717) is 18.0 Å². The SMILES string of the molecule is CCC1CCc2c(nc(N)nc2N2CC[C@@H](NC)C2)N1. The monoisotopic (exact) mass is 276 g/mol. The second-order valence-electron chi connectivity index (χ2n) is 5.74. The summed E-state index contributed by atoms with van der Waals surface area (Å²) in [4.78, 5) is 11.2. The van der Waals surface area contributed by atoms with Crippen LogP contribution in [-0.2, 0) is 6.42 Å². The maximum atomic E-state index is 5.90. The van der Waals surface area contributed by atoms with E-state index >= 15 is 0 Å². The average Bonchev–Trinajstić information content (AvgIpc) is 2.94. The molecular formula is C14H24N6. The number of nitrogens with zero attached hydrogens (tertiary/aromatic N) is 3. The van der Waals surface area contributed by atoms with Gasteiger partial charge in [0.25, 0.3) is 0 Å². The summed E-state index contributed by atoms with van der Waals surface area (Å²) in [6.45, 7) is 4.23. The van der Waals surface area contributed by atoms with Crippen molar-refractivity contribution in [3.63, 3.8) is 0 Å². The lowest BCUT2D eigenvalue weighted by atomic mass is 9.99. The summed E-state index contributed by atoms with van der Waals surface area (Å²) >= 11 is 0. The minimum absolute atomic E-state index is 0.371. The Balaban J connectivity index is 1.90. The van der Waals surface area contributed by atoms with Gasteiger partial charge in [0.2, 0.25) is 5.95 Å². The van der Waals surface area contributed by atoms with Gasteiger partial charge < -0.3 is 21.3 Å². The normalized spacial score (nSPS) is 25.4. The van der Waals surface area contributed by atoms with Crippen molar-refractivity contribution in [1.29, 1.82) is 0 Å². The Bertz CT molecular complexity index is 489. The van der Waals surface area contributed by atoms with Crippen LogP contribution < -0.4 is 21.3 Å². The van der Waals surface area contributed by atoms with Gasteiger partial charge in [0.05, 0.1) is 0 Å². The van der Waals surface area contributed by atoms with Crippen molar-refractivity contribution in [3.8, 4) is 0 Å². The standard InChI is InChI=1S/C14H24N6/c1-3-9-4-5-11-12(17-9)18-14(15)19-13(11)20-7-6-10(8-20)16-2/h9-10,16H,3-8H2,1-2H3,(H3,15,17,18,19)/t9?,10-/m1/s1. The van der Waals surface area contributed by atoms with Gasteiger partial charge in [0, 0.05) is 30.7 Å². The molecule has 1 saturated heterocycles. The molecular weight excluding hydrogens is 252 g/mol. The highest BCUT2D eigenvalue weighted by molar-refractivity contribution is 5.63. The van der Waals surface area contributed by atoms with E-state index in [1.165, 1.54) is 5.56 Å². The second kappa shape index (κ2) is 5.44. The van der Waals surface area contributed by atoms with Crippen LogP contribution in [0.5, 0.6) is 0 Å². The Kier molecular flexibility index (Phi) is 3.65. The van der Waals surface area contributed by atoms with Crippen molar-refractivity contribution in [2.45, 2.75) is 44.7 Å². The summed E-state index contributed by atoms with van der Waals surface area (Å²) in [5.74, 6) is 2.35. The molecule has 1 fully saturated rings. The summed E-state index contributed by atoms with van der Waals surface area (Å²) in [6, 6.07) is 1.05. The van der Waals surface area contributed by atoms with E-state index in [1.54, 1.807) is 0 Å². The fourth-order valence-electron chi connectivity index (χ4n) is 3.18. The first-order valence-corrected chi connectivity index (χ1v) is 7.56. The Labute approximate surface area is 120 Å². The Morgan fingerprint density at radius 2 is 2.25 bits per heavy atom. The molecule has 110 valence electrons. The summed E-state index contributed by atoms with van der Waals surface area (Å²) in [5.41, 5.74) is 7.14. The Morgan fingerprint density at radius 1 is 1.40 bits per heavy atom. The number of nitrogen functional groups attached to an aromatic ring is 1. The van der Waals surface area contributed by atoms with Crippen molar-refractivity contribution in [2.24, 2.45) is 0 Å². The van der Waals surface area contributed by atoms with Gasteiger partial charge in [-0.3, -0.25) is 0 Å². The van der Waals surface area contributed by atoms with Crippen molar-refractivity contribution in [3.05, 3.63) is 5.56 Å². The third kappa shape index (κ3) is 2.40. The number of hydrogen-bond acceptors (Lipinski definition) is 6. The molecule has 6 heteroatoms. The Hall–Kier alpha value is -1.56. The van der Waals surface area contributed by atoms with Crippen molar-refractivity contribution in [2.75, 3.05) is 36.1 Å². The molecule has 0 amide bonds. The van der Waals surface area contributed by atoms with E-state index in [-0.39, 0.29) is 0 Å². The first-order valence-electron chi connectivity index (χ1n) is 7.56. The van der Waals surface area contributed by atoms with Gasteiger partial charge in [-0.25, -0.2) is 0 Å². The summed E-state index contributed by atoms with van der Waals surface area (Å²) < 4.78 is 0. The first kappa shape index (κ1) is 13.4. The van der Waals surface area contributed by atoms with Crippen molar-refractivity contribution >= 4 is 17.6 Å². The van der Waals surface area contributed by atoms with Gasteiger partial charge in [-0.1, -0.05) is 6.92 Å². The zero-order valence-electron chi connectivity index (χ0n) is 12.3. The number of nitrogens with one attached hydrogen (secondary N) is 2. The largest absolute Gasteiger partial charge is 0.368 e. The van der Waals surface area contributed by atoms with E-state index in [0.717, 1.165) is 50.4 Å². The van der Waals surface area contributed by atoms with E-state index in [9.17, 15) is 0 Å².